The predicted molar refractivity (Wildman–Crippen MR) is 43.4 cm³/mol. The van der Waals surface area contributed by atoms with Gasteiger partial charge in [0.05, 0.1) is 0 Å². The van der Waals surface area contributed by atoms with E-state index >= 15 is 0 Å². The van der Waals surface area contributed by atoms with Gasteiger partial charge >= 0.3 is 0 Å². The van der Waals surface area contributed by atoms with E-state index in [1.807, 2.05) is 19.1 Å². The van der Waals surface area contributed by atoms with Gasteiger partial charge in [0.25, 0.3) is 5.97 Å². The molecule has 0 aliphatic rings. The van der Waals surface area contributed by atoms with Crippen LogP contribution in [0.4, 0.5) is 0 Å². The van der Waals surface area contributed by atoms with Gasteiger partial charge in [0, 0.05) is 13.3 Å². The highest BCUT2D eigenvalue weighted by Crippen LogP contribution is 1.80. The average molecular weight is 158 g/mol. The number of hydrogen-bond acceptors (Lipinski definition) is 2. The molecule has 0 unspecified atom stereocenters. The van der Waals surface area contributed by atoms with Crippen LogP contribution in [-0.4, -0.2) is 17.4 Å². The number of carboxylic acid groups (broad SMARTS) is 1. The van der Waals surface area contributed by atoms with Crippen LogP contribution in [0.1, 0.15) is 26.7 Å². The lowest BCUT2D eigenvalue weighted by Crippen LogP contribution is -1.78. The second-order valence-electron chi connectivity index (χ2n) is 1.80. The lowest BCUT2D eigenvalue weighted by molar-refractivity contribution is -0.134. The minimum Gasteiger partial charge on any atom is -0.481 e. The lowest BCUT2D eigenvalue weighted by atomic mass is 10.3. The molecule has 0 spiro atoms. The maximum atomic E-state index is 9.63. The molecule has 0 radical (unpaired) electrons. The van der Waals surface area contributed by atoms with Crippen molar-refractivity contribution in [1.82, 2.24) is 0 Å². The first-order valence-corrected chi connectivity index (χ1v) is 3.43. The van der Waals surface area contributed by atoms with Crippen molar-refractivity contribution in [2.45, 2.75) is 26.7 Å². The van der Waals surface area contributed by atoms with Gasteiger partial charge in [-0.2, -0.15) is 0 Å². The minimum atomic E-state index is -0.833. The van der Waals surface area contributed by atoms with Crippen LogP contribution in [0.15, 0.2) is 12.2 Å². The first-order valence-electron chi connectivity index (χ1n) is 3.43. The zero-order valence-electron chi connectivity index (χ0n) is 6.91. The highest BCUT2D eigenvalue weighted by atomic mass is 16.4. The van der Waals surface area contributed by atoms with Crippen molar-refractivity contribution < 1.29 is 14.7 Å². The normalized spacial score (nSPS) is 8.55. The third-order valence-electron chi connectivity index (χ3n) is 0.635. The van der Waals surface area contributed by atoms with Gasteiger partial charge in [0.15, 0.2) is 0 Å². The SMILES string of the molecule is CC(=O)O.CC/C=C\CC=O. The van der Waals surface area contributed by atoms with E-state index in [0.717, 1.165) is 19.6 Å². The zero-order valence-corrected chi connectivity index (χ0v) is 6.91. The van der Waals surface area contributed by atoms with Gasteiger partial charge in [-0.25, -0.2) is 0 Å². The van der Waals surface area contributed by atoms with E-state index < -0.39 is 5.97 Å². The summed E-state index contributed by atoms with van der Waals surface area (Å²) in [6.07, 6.45) is 6.33. The van der Waals surface area contributed by atoms with E-state index in [-0.39, 0.29) is 0 Å². The summed E-state index contributed by atoms with van der Waals surface area (Å²) in [4.78, 5) is 18.6. The molecule has 3 heteroatoms. The Kier molecular flexibility index (Phi) is 13.3. The Morgan fingerprint density at radius 3 is 2.18 bits per heavy atom. The van der Waals surface area contributed by atoms with Gasteiger partial charge < -0.3 is 9.90 Å². The molecule has 3 nitrogen and oxygen atoms in total. The molecule has 0 rings (SSSR count). The van der Waals surface area contributed by atoms with Gasteiger partial charge in [-0.1, -0.05) is 19.1 Å². The quantitative estimate of drug-likeness (QED) is 0.501. The van der Waals surface area contributed by atoms with E-state index in [0.29, 0.717) is 6.42 Å². The summed E-state index contributed by atoms with van der Waals surface area (Å²) < 4.78 is 0. The molecule has 0 aliphatic heterocycles. The van der Waals surface area contributed by atoms with Gasteiger partial charge in [0.1, 0.15) is 6.29 Å². The standard InChI is InChI=1S/C6H10O.C2H4O2/c1-2-3-4-5-6-7;1-2(3)4/h3-4,6H,2,5H2,1H3;1H3,(H,3,4)/b4-3-;. The third kappa shape index (κ3) is 50.7. The van der Waals surface area contributed by atoms with E-state index in [4.69, 9.17) is 9.90 Å². The van der Waals surface area contributed by atoms with E-state index in [1.165, 1.54) is 0 Å². The van der Waals surface area contributed by atoms with Crippen LogP contribution in [0.2, 0.25) is 0 Å². The van der Waals surface area contributed by atoms with E-state index in [9.17, 15) is 4.79 Å². The van der Waals surface area contributed by atoms with Crippen molar-refractivity contribution in [2.75, 3.05) is 0 Å². The highest BCUT2D eigenvalue weighted by Gasteiger charge is 1.67. The molecule has 0 fully saturated rings. The maximum Gasteiger partial charge on any atom is 0.300 e. The molecule has 0 saturated heterocycles. The number of aldehydes is 1. The van der Waals surface area contributed by atoms with Crippen molar-refractivity contribution >= 4 is 12.3 Å². The van der Waals surface area contributed by atoms with Crippen LogP contribution < -0.4 is 0 Å². The fourth-order valence-electron chi connectivity index (χ4n) is 0.318. The van der Waals surface area contributed by atoms with Crippen LogP contribution in [0.25, 0.3) is 0 Å². The molecular weight excluding hydrogens is 144 g/mol. The molecule has 11 heavy (non-hydrogen) atoms. The molecule has 1 N–H and O–H groups in total. The van der Waals surface area contributed by atoms with Crippen LogP contribution in [0, 0.1) is 0 Å². The number of hydrogen-bond donors (Lipinski definition) is 1. The van der Waals surface area contributed by atoms with Gasteiger partial charge in [-0.15, -0.1) is 0 Å². The van der Waals surface area contributed by atoms with Crippen molar-refractivity contribution in [3.63, 3.8) is 0 Å². The average Bonchev–Trinajstić information content (AvgIpc) is 1.88. The number of aliphatic carboxylic acids is 1. The van der Waals surface area contributed by atoms with Crippen LogP contribution in [0.3, 0.4) is 0 Å². The van der Waals surface area contributed by atoms with Crippen LogP contribution in [-0.2, 0) is 9.59 Å². The topological polar surface area (TPSA) is 54.4 Å². The molecular formula is C8H14O3. The summed E-state index contributed by atoms with van der Waals surface area (Å²) >= 11 is 0. The van der Waals surface area contributed by atoms with E-state index in [1.54, 1.807) is 0 Å². The molecule has 0 aromatic rings. The summed E-state index contributed by atoms with van der Waals surface area (Å²) in [7, 11) is 0. The molecule has 64 valence electrons. The number of allylic oxidation sites excluding steroid dienone is 2. The van der Waals surface area contributed by atoms with Gasteiger partial charge in [0.2, 0.25) is 0 Å². The fraction of sp³-hybridized carbons (Fsp3) is 0.500. The fourth-order valence-corrected chi connectivity index (χ4v) is 0.318. The Bertz CT molecular complexity index is 123. The minimum absolute atomic E-state index is 0.563. The molecule has 0 aromatic heterocycles. The van der Waals surface area contributed by atoms with Crippen LogP contribution >= 0.6 is 0 Å². The summed E-state index contributed by atoms with van der Waals surface area (Å²) in [6.45, 7) is 3.13. The van der Waals surface area contributed by atoms with Crippen molar-refractivity contribution in [3.8, 4) is 0 Å². The Morgan fingerprint density at radius 2 is 1.91 bits per heavy atom. The molecule has 0 bridgehead atoms. The van der Waals surface area contributed by atoms with Crippen molar-refractivity contribution in [2.24, 2.45) is 0 Å². The number of carboxylic acids is 1. The van der Waals surface area contributed by atoms with E-state index in [2.05, 4.69) is 0 Å². The second-order valence-corrected chi connectivity index (χ2v) is 1.80. The first-order chi connectivity index (χ1) is 5.15. The zero-order chi connectivity index (χ0) is 9.11. The summed E-state index contributed by atoms with van der Waals surface area (Å²) in [5.74, 6) is -0.833. The number of rotatable bonds is 3. The summed E-state index contributed by atoms with van der Waals surface area (Å²) in [5.41, 5.74) is 0. The van der Waals surface area contributed by atoms with Crippen molar-refractivity contribution in [3.05, 3.63) is 12.2 Å². The molecule has 0 aromatic carbocycles. The summed E-state index contributed by atoms with van der Waals surface area (Å²) in [6, 6.07) is 0. The van der Waals surface area contributed by atoms with Gasteiger partial charge in [-0.05, 0) is 6.42 Å². The third-order valence-corrected chi connectivity index (χ3v) is 0.635. The Labute approximate surface area is 66.7 Å². The van der Waals surface area contributed by atoms with Crippen LogP contribution in [0.5, 0.6) is 0 Å². The first kappa shape index (κ1) is 12.5. The molecule has 0 amide bonds. The predicted octanol–water partition coefficient (Wildman–Crippen LogP) is 1.63. The Morgan fingerprint density at radius 1 is 1.45 bits per heavy atom. The molecule has 0 aliphatic carbocycles. The molecule has 0 atom stereocenters. The Balaban J connectivity index is 0. The maximum absolute atomic E-state index is 9.63. The second kappa shape index (κ2) is 11.6. The van der Waals surface area contributed by atoms with Crippen molar-refractivity contribution in [1.29, 1.82) is 0 Å². The number of carbonyl (C=O) groups excluding carboxylic acids is 1. The molecule has 0 heterocycles. The monoisotopic (exact) mass is 158 g/mol. The molecule has 0 saturated carbocycles. The van der Waals surface area contributed by atoms with Gasteiger partial charge in [-0.3, -0.25) is 4.79 Å². The smallest absolute Gasteiger partial charge is 0.300 e. The number of carbonyl (C=O) groups is 2. The Hall–Kier alpha value is -1.12. The highest BCUT2D eigenvalue weighted by molar-refractivity contribution is 5.62. The largest absolute Gasteiger partial charge is 0.481 e. The summed E-state index contributed by atoms with van der Waals surface area (Å²) in [5, 5.41) is 7.42. The lowest BCUT2D eigenvalue weighted by Gasteiger charge is -1.72.